The van der Waals surface area contributed by atoms with Gasteiger partial charge in [-0.3, -0.25) is 0 Å². The number of fused-ring (bicyclic) bond motifs is 1. The molecule has 1 aromatic heterocycles. The van der Waals surface area contributed by atoms with E-state index in [-0.39, 0.29) is 5.54 Å². The Morgan fingerprint density at radius 2 is 2.06 bits per heavy atom. The molecule has 2 N–H and O–H groups in total. The summed E-state index contributed by atoms with van der Waals surface area (Å²) in [6.45, 7) is 4.15. The Kier molecular flexibility index (Phi) is 2.30. The van der Waals surface area contributed by atoms with Gasteiger partial charge in [-0.1, -0.05) is 18.2 Å². The van der Waals surface area contributed by atoms with Crippen molar-refractivity contribution in [2.75, 3.05) is 0 Å². The van der Waals surface area contributed by atoms with E-state index in [4.69, 9.17) is 10.2 Å². The summed E-state index contributed by atoms with van der Waals surface area (Å²) in [6.07, 6.45) is 4.46. The molecule has 0 spiro atoms. The lowest BCUT2D eigenvalue weighted by molar-refractivity contribution is 0.563. The van der Waals surface area contributed by atoms with Crippen molar-refractivity contribution < 1.29 is 4.42 Å². The van der Waals surface area contributed by atoms with Gasteiger partial charge in [0.2, 0.25) is 0 Å². The average molecular weight is 229 g/mol. The monoisotopic (exact) mass is 229 g/mol. The SMILES string of the molecule is Cc1oc2c(CCC3(N)CC3)cccc2c1C. The number of para-hydroxylation sites is 1. The van der Waals surface area contributed by atoms with E-state index in [0.717, 1.165) is 24.2 Å². The molecule has 1 fully saturated rings. The van der Waals surface area contributed by atoms with Gasteiger partial charge in [0, 0.05) is 10.9 Å². The van der Waals surface area contributed by atoms with E-state index in [1.807, 2.05) is 6.92 Å². The van der Waals surface area contributed by atoms with Crippen molar-refractivity contribution in [3.8, 4) is 0 Å². The van der Waals surface area contributed by atoms with Gasteiger partial charge in [0.05, 0.1) is 0 Å². The van der Waals surface area contributed by atoms with E-state index >= 15 is 0 Å². The summed E-state index contributed by atoms with van der Waals surface area (Å²) < 4.78 is 5.87. The van der Waals surface area contributed by atoms with Crippen LogP contribution in [0, 0.1) is 13.8 Å². The Morgan fingerprint density at radius 1 is 1.29 bits per heavy atom. The summed E-state index contributed by atoms with van der Waals surface area (Å²) in [7, 11) is 0. The predicted octanol–water partition coefficient (Wildman–Crippen LogP) is 3.47. The van der Waals surface area contributed by atoms with Gasteiger partial charge in [-0.25, -0.2) is 0 Å². The molecular formula is C15H19NO. The van der Waals surface area contributed by atoms with Crippen molar-refractivity contribution >= 4 is 11.0 Å². The van der Waals surface area contributed by atoms with Gasteiger partial charge >= 0.3 is 0 Å². The van der Waals surface area contributed by atoms with Gasteiger partial charge in [-0.2, -0.15) is 0 Å². The van der Waals surface area contributed by atoms with Gasteiger partial charge < -0.3 is 10.2 Å². The highest BCUT2D eigenvalue weighted by Crippen LogP contribution is 2.37. The van der Waals surface area contributed by atoms with Crippen molar-refractivity contribution in [3.05, 3.63) is 35.1 Å². The molecular weight excluding hydrogens is 210 g/mol. The van der Waals surface area contributed by atoms with Crippen LogP contribution in [0.25, 0.3) is 11.0 Å². The smallest absolute Gasteiger partial charge is 0.137 e. The second-order valence-electron chi connectivity index (χ2n) is 5.44. The molecule has 1 aliphatic rings. The maximum Gasteiger partial charge on any atom is 0.137 e. The zero-order chi connectivity index (χ0) is 12.0. The molecule has 0 atom stereocenters. The molecule has 0 aliphatic heterocycles. The summed E-state index contributed by atoms with van der Waals surface area (Å²) in [4.78, 5) is 0. The molecule has 1 aromatic carbocycles. The largest absolute Gasteiger partial charge is 0.461 e. The van der Waals surface area contributed by atoms with Crippen LogP contribution in [0.5, 0.6) is 0 Å². The first kappa shape index (κ1) is 10.8. The molecule has 0 radical (unpaired) electrons. The van der Waals surface area contributed by atoms with Crippen LogP contribution in [0.3, 0.4) is 0 Å². The third-order valence-electron chi connectivity index (χ3n) is 4.07. The minimum absolute atomic E-state index is 0.124. The van der Waals surface area contributed by atoms with E-state index in [1.54, 1.807) is 0 Å². The Hall–Kier alpha value is -1.28. The highest BCUT2D eigenvalue weighted by Gasteiger charge is 2.37. The fourth-order valence-electron chi connectivity index (χ4n) is 2.41. The second kappa shape index (κ2) is 3.61. The van der Waals surface area contributed by atoms with Gasteiger partial charge in [-0.05, 0) is 50.7 Å². The summed E-state index contributed by atoms with van der Waals surface area (Å²) in [6, 6.07) is 6.42. The fourth-order valence-corrected chi connectivity index (χ4v) is 2.41. The molecule has 1 heterocycles. The number of benzene rings is 1. The van der Waals surface area contributed by atoms with Crippen LogP contribution in [0.4, 0.5) is 0 Å². The molecule has 2 nitrogen and oxygen atoms in total. The normalized spacial score (nSPS) is 17.6. The lowest BCUT2D eigenvalue weighted by atomic mass is 10.0. The fraction of sp³-hybridized carbons (Fsp3) is 0.467. The topological polar surface area (TPSA) is 39.2 Å². The molecule has 17 heavy (non-hydrogen) atoms. The average Bonchev–Trinajstić information content (AvgIpc) is 2.98. The molecule has 0 unspecified atom stereocenters. The minimum Gasteiger partial charge on any atom is -0.461 e. The quantitative estimate of drug-likeness (QED) is 0.875. The Bertz CT molecular complexity index is 564. The van der Waals surface area contributed by atoms with E-state index in [0.29, 0.717) is 0 Å². The van der Waals surface area contributed by atoms with Crippen molar-refractivity contribution in [1.29, 1.82) is 0 Å². The van der Waals surface area contributed by atoms with Crippen molar-refractivity contribution in [2.45, 2.75) is 45.1 Å². The predicted molar refractivity (Wildman–Crippen MR) is 70.2 cm³/mol. The van der Waals surface area contributed by atoms with Crippen LogP contribution in [0.15, 0.2) is 22.6 Å². The van der Waals surface area contributed by atoms with E-state index in [1.165, 1.54) is 29.4 Å². The first-order chi connectivity index (χ1) is 8.09. The van der Waals surface area contributed by atoms with Crippen LogP contribution < -0.4 is 5.73 Å². The maximum absolute atomic E-state index is 6.14. The van der Waals surface area contributed by atoms with Gasteiger partial charge in [0.15, 0.2) is 0 Å². The van der Waals surface area contributed by atoms with Crippen LogP contribution in [-0.4, -0.2) is 5.54 Å². The molecule has 1 aliphatic carbocycles. The number of aryl methyl sites for hydroxylation is 3. The first-order valence-corrected chi connectivity index (χ1v) is 6.36. The number of furan rings is 1. The van der Waals surface area contributed by atoms with Crippen molar-refractivity contribution in [3.63, 3.8) is 0 Å². The zero-order valence-corrected chi connectivity index (χ0v) is 10.5. The lowest BCUT2D eigenvalue weighted by Gasteiger charge is -2.08. The van der Waals surface area contributed by atoms with Crippen LogP contribution in [0.1, 0.15) is 36.1 Å². The Balaban J connectivity index is 1.95. The Labute approximate surface area is 102 Å². The molecule has 0 amide bonds. The van der Waals surface area contributed by atoms with Crippen LogP contribution in [-0.2, 0) is 6.42 Å². The number of hydrogen-bond acceptors (Lipinski definition) is 2. The van der Waals surface area contributed by atoms with Crippen molar-refractivity contribution in [1.82, 2.24) is 0 Å². The number of nitrogens with two attached hydrogens (primary N) is 1. The van der Waals surface area contributed by atoms with Crippen LogP contribution in [0.2, 0.25) is 0 Å². The first-order valence-electron chi connectivity index (χ1n) is 6.36. The molecule has 0 bridgehead atoms. The van der Waals surface area contributed by atoms with Gasteiger partial charge in [0.1, 0.15) is 11.3 Å². The van der Waals surface area contributed by atoms with Crippen molar-refractivity contribution in [2.24, 2.45) is 5.73 Å². The van der Waals surface area contributed by atoms with E-state index < -0.39 is 0 Å². The van der Waals surface area contributed by atoms with Gasteiger partial charge in [-0.15, -0.1) is 0 Å². The summed E-state index contributed by atoms with van der Waals surface area (Å²) >= 11 is 0. The number of hydrogen-bond donors (Lipinski definition) is 1. The maximum atomic E-state index is 6.14. The standard InChI is InChI=1S/C15H19NO/c1-10-11(2)17-14-12(4-3-5-13(10)14)6-7-15(16)8-9-15/h3-5H,6-9,16H2,1-2H3. The van der Waals surface area contributed by atoms with E-state index in [2.05, 4.69) is 25.1 Å². The Morgan fingerprint density at radius 3 is 2.76 bits per heavy atom. The summed E-state index contributed by atoms with van der Waals surface area (Å²) in [5.74, 6) is 1.03. The van der Waals surface area contributed by atoms with Gasteiger partial charge in [0.25, 0.3) is 0 Å². The molecule has 1 saturated carbocycles. The van der Waals surface area contributed by atoms with E-state index in [9.17, 15) is 0 Å². The molecule has 2 aromatic rings. The van der Waals surface area contributed by atoms with Crippen LogP contribution >= 0.6 is 0 Å². The zero-order valence-electron chi connectivity index (χ0n) is 10.5. The molecule has 2 heteroatoms. The number of rotatable bonds is 3. The third-order valence-corrected chi connectivity index (χ3v) is 4.07. The molecule has 3 rings (SSSR count). The molecule has 0 saturated heterocycles. The lowest BCUT2D eigenvalue weighted by Crippen LogP contribution is -2.22. The highest BCUT2D eigenvalue weighted by molar-refractivity contribution is 5.84. The highest BCUT2D eigenvalue weighted by atomic mass is 16.3. The summed E-state index contributed by atoms with van der Waals surface area (Å²) in [5, 5.41) is 1.25. The summed E-state index contributed by atoms with van der Waals surface area (Å²) in [5.41, 5.74) is 9.89. The molecule has 90 valence electrons. The minimum atomic E-state index is 0.124. The second-order valence-corrected chi connectivity index (χ2v) is 5.44. The third kappa shape index (κ3) is 1.87.